The molecule has 0 aliphatic carbocycles. The lowest BCUT2D eigenvalue weighted by Crippen LogP contribution is -2.47. The molecule has 2 aromatic carbocycles. The Morgan fingerprint density at radius 1 is 1.08 bits per heavy atom. The van der Waals surface area contributed by atoms with Gasteiger partial charge in [0.2, 0.25) is 11.8 Å². The molecule has 0 aliphatic rings. The number of carbonyl (C=O) groups excluding carboxylic acids is 2. The van der Waals surface area contributed by atoms with Crippen LogP contribution in [0, 0.1) is 0 Å². The SMILES string of the molecule is NC(=O)[C@@H](Cc1cccc(Cl)c1)NC(=O)COCc1ccccc1. The van der Waals surface area contributed by atoms with Crippen molar-refractivity contribution in [3.63, 3.8) is 0 Å². The smallest absolute Gasteiger partial charge is 0.246 e. The van der Waals surface area contributed by atoms with Crippen LogP contribution in [0.2, 0.25) is 5.02 Å². The molecule has 0 spiro atoms. The summed E-state index contributed by atoms with van der Waals surface area (Å²) in [7, 11) is 0. The summed E-state index contributed by atoms with van der Waals surface area (Å²) in [4.78, 5) is 23.5. The number of hydrogen-bond donors (Lipinski definition) is 2. The van der Waals surface area contributed by atoms with Gasteiger partial charge in [-0.25, -0.2) is 0 Å². The van der Waals surface area contributed by atoms with Crippen LogP contribution in [0.5, 0.6) is 0 Å². The highest BCUT2D eigenvalue weighted by molar-refractivity contribution is 6.30. The molecule has 0 unspecified atom stereocenters. The normalized spacial score (nSPS) is 11.7. The van der Waals surface area contributed by atoms with Crippen LogP contribution < -0.4 is 11.1 Å². The lowest BCUT2D eigenvalue weighted by molar-refractivity contribution is -0.130. The number of primary amides is 1. The standard InChI is InChI=1S/C18H19ClN2O3/c19-15-8-4-7-14(9-15)10-16(18(20)23)21-17(22)12-24-11-13-5-2-1-3-6-13/h1-9,16H,10-12H2,(H2,20,23)(H,21,22)/t16-/m1/s1. The predicted molar refractivity (Wildman–Crippen MR) is 92.4 cm³/mol. The fraction of sp³-hybridized carbons (Fsp3) is 0.222. The average molecular weight is 347 g/mol. The van der Waals surface area contributed by atoms with Gasteiger partial charge in [-0.1, -0.05) is 54.1 Å². The molecule has 1 atom stereocenters. The van der Waals surface area contributed by atoms with E-state index in [2.05, 4.69) is 5.32 Å². The molecule has 0 saturated carbocycles. The van der Waals surface area contributed by atoms with Crippen molar-refractivity contribution in [2.75, 3.05) is 6.61 Å². The largest absolute Gasteiger partial charge is 0.368 e. The van der Waals surface area contributed by atoms with E-state index in [1.807, 2.05) is 36.4 Å². The number of nitrogens with two attached hydrogens (primary N) is 1. The van der Waals surface area contributed by atoms with Gasteiger partial charge in [0, 0.05) is 11.4 Å². The van der Waals surface area contributed by atoms with E-state index >= 15 is 0 Å². The molecule has 0 bridgehead atoms. The highest BCUT2D eigenvalue weighted by Gasteiger charge is 2.18. The molecule has 0 saturated heterocycles. The molecular weight excluding hydrogens is 328 g/mol. The number of nitrogens with one attached hydrogen (secondary N) is 1. The minimum Gasteiger partial charge on any atom is -0.368 e. The third-order valence-corrected chi connectivity index (χ3v) is 3.59. The molecule has 0 aromatic heterocycles. The van der Waals surface area contributed by atoms with Gasteiger partial charge in [0.05, 0.1) is 6.61 Å². The second-order valence-corrected chi connectivity index (χ2v) is 5.77. The van der Waals surface area contributed by atoms with Gasteiger partial charge < -0.3 is 15.8 Å². The molecular formula is C18H19ClN2O3. The van der Waals surface area contributed by atoms with Gasteiger partial charge in [0.25, 0.3) is 0 Å². The van der Waals surface area contributed by atoms with Gasteiger partial charge in [-0.2, -0.15) is 0 Å². The first-order valence-electron chi connectivity index (χ1n) is 7.49. The van der Waals surface area contributed by atoms with E-state index in [9.17, 15) is 9.59 Å². The van der Waals surface area contributed by atoms with Gasteiger partial charge >= 0.3 is 0 Å². The first-order valence-corrected chi connectivity index (χ1v) is 7.87. The van der Waals surface area contributed by atoms with Gasteiger partial charge in [-0.05, 0) is 23.3 Å². The van der Waals surface area contributed by atoms with E-state index in [0.717, 1.165) is 11.1 Å². The molecule has 3 N–H and O–H groups in total. The number of rotatable bonds is 8. The minimum absolute atomic E-state index is 0.145. The Hall–Kier alpha value is -2.37. The zero-order valence-electron chi connectivity index (χ0n) is 13.1. The summed E-state index contributed by atoms with van der Waals surface area (Å²) in [5.41, 5.74) is 7.15. The second kappa shape index (κ2) is 9.05. The highest BCUT2D eigenvalue weighted by Crippen LogP contribution is 2.12. The van der Waals surface area contributed by atoms with Crippen molar-refractivity contribution in [2.45, 2.75) is 19.1 Å². The Morgan fingerprint density at radius 3 is 2.46 bits per heavy atom. The van der Waals surface area contributed by atoms with Crippen LogP contribution in [-0.4, -0.2) is 24.5 Å². The lowest BCUT2D eigenvalue weighted by Gasteiger charge is -2.16. The molecule has 0 aliphatic heterocycles. The highest BCUT2D eigenvalue weighted by atomic mass is 35.5. The number of hydrogen-bond acceptors (Lipinski definition) is 3. The monoisotopic (exact) mass is 346 g/mol. The number of amides is 2. The molecule has 5 nitrogen and oxygen atoms in total. The fourth-order valence-corrected chi connectivity index (χ4v) is 2.41. The summed E-state index contributed by atoms with van der Waals surface area (Å²) in [5, 5.41) is 3.15. The van der Waals surface area contributed by atoms with Crippen LogP contribution >= 0.6 is 11.6 Å². The van der Waals surface area contributed by atoms with E-state index in [4.69, 9.17) is 22.1 Å². The first-order chi connectivity index (χ1) is 11.5. The number of halogens is 1. The maximum Gasteiger partial charge on any atom is 0.246 e. The van der Waals surface area contributed by atoms with Crippen molar-refractivity contribution in [3.05, 3.63) is 70.7 Å². The Labute approximate surface area is 145 Å². The number of carbonyl (C=O) groups is 2. The van der Waals surface area contributed by atoms with E-state index in [1.54, 1.807) is 18.2 Å². The lowest BCUT2D eigenvalue weighted by atomic mass is 10.1. The number of benzene rings is 2. The van der Waals surface area contributed by atoms with Crippen LogP contribution in [0.3, 0.4) is 0 Å². The van der Waals surface area contributed by atoms with Crippen LogP contribution in [0.1, 0.15) is 11.1 Å². The summed E-state index contributed by atoms with van der Waals surface area (Å²) >= 11 is 5.92. The van der Waals surface area contributed by atoms with Crippen molar-refractivity contribution >= 4 is 23.4 Å². The molecule has 24 heavy (non-hydrogen) atoms. The molecule has 6 heteroatoms. The second-order valence-electron chi connectivity index (χ2n) is 5.33. The van der Waals surface area contributed by atoms with Crippen molar-refractivity contribution in [1.29, 1.82) is 0 Å². The topological polar surface area (TPSA) is 81.4 Å². The fourth-order valence-electron chi connectivity index (χ4n) is 2.19. The van der Waals surface area contributed by atoms with Crippen molar-refractivity contribution in [1.82, 2.24) is 5.32 Å². The van der Waals surface area contributed by atoms with Crippen molar-refractivity contribution in [2.24, 2.45) is 5.73 Å². The molecule has 0 radical (unpaired) electrons. The van der Waals surface area contributed by atoms with Crippen LogP contribution in [-0.2, 0) is 27.4 Å². The van der Waals surface area contributed by atoms with E-state index in [-0.39, 0.29) is 13.0 Å². The van der Waals surface area contributed by atoms with Crippen LogP contribution in [0.25, 0.3) is 0 Å². The summed E-state index contributed by atoms with van der Waals surface area (Å²) in [6.45, 7) is 0.179. The quantitative estimate of drug-likeness (QED) is 0.767. The van der Waals surface area contributed by atoms with E-state index in [0.29, 0.717) is 11.6 Å². The van der Waals surface area contributed by atoms with Gasteiger partial charge in [0.1, 0.15) is 12.6 Å². The summed E-state index contributed by atoms with van der Waals surface area (Å²) in [6.07, 6.45) is 0.278. The maximum absolute atomic E-state index is 11.9. The predicted octanol–water partition coefficient (Wildman–Crippen LogP) is 2.07. The Morgan fingerprint density at radius 2 is 1.79 bits per heavy atom. The summed E-state index contributed by atoms with van der Waals surface area (Å²) in [6, 6.07) is 15.8. The van der Waals surface area contributed by atoms with Gasteiger partial charge in [0.15, 0.2) is 0 Å². The average Bonchev–Trinajstić information content (AvgIpc) is 2.55. The van der Waals surface area contributed by atoms with Crippen molar-refractivity contribution in [3.8, 4) is 0 Å². The van der Waals surface area contributed by atoms with Gasteiger partial charge in [-0.15, -0.1) is 0 Å². The summed E-state index contributed by atoms with van der Waals surface area (Å²) < 4.78 is 5.35. The zero-order valence-corrected chi connectivity index (χ0v) is 13.8. The molecule has 2 amide bonds. The van der Waals surface area contributed by atoms with E-state index < -0.39 is 17.9 Å². The van der Waals surface area contributed by atoms with Crippen LogP contribution in [0.4, 0.5) is 0 Å². The first kappa shape index (κ1) is 18.0. The Kier molecular flexibility index (Phi) is 6.78. The molecule has 126 valence electrons. The van der Waals surface area contributed by atoms with E-state index in [1.165, 1.54) is 0 Å². The third kappa shape index (κ3) is 6.02. The minimum atomic E-state index is -0.809. The van der Waals surface area contributed by atoms with Crippen LogP contribution in [0.15, 0.2) is 54.6 Å². The Balaban J connectivity index is 1.83. The molecule has 2 aromatic rings. The molecule has 0 heterocycles. The van der Waals surface area contributed by atoms with Gasteiger partial charge in [-0.3, -0.25) is 9.59 Å². The molecule has 0 fully saturated rings. The zero-order chi connectivity index (χ0) is 17.4. The number of ether oxygens (including phenoxy) is 1. The molecule has 2 rings (SSSR count). The maximum atomic E-state index is 11.9. The van der Waals surface area contributed by atoms with Crippen molar-refractivity contribution < 1.29 is 14.3 Å². The Bertz CT molecular complexity index is 692. The third-order valence-electron chi connectivity index (χ3n) is 3.35. The summed E-state index contributed by atoms with van der Waals surface area (Å²) in [5.74, 6) is -0.997.